The van der Waals surface area contributed by atoms with E-state index in [9.17, 15) is 8.78 Å². The summed E-state index contributed by atoms with van der Waals surface area (Å²) in [6.07, 6.45) is 12.9. The highest BCUT2D eigenvalue weighted by Crippen LogP contribution is 2.39. The van der Waals surface area contributed by atoms with Gasteiger partial charge < -0.3 is 0 Å². The number of rotatable bonds is 8. The zero-order chi connectivity index (χ0) is 24.1. The summed E-state index contributed by atoms with van der Waals surface area (Å²) in [5.41, 5.74) is 0.810. The first-order chi connectivity index (χ1) is 16.5. The van der Waals surface area contributed by atoms with E-state index in [4.69, 9.17) is 5.26 Å². The lowest BCUT2D eigenvalue weighted by Gasteiger charge is -2.29. The Morgan fingerprint density at radius 2 is 1.56 bits per heavy atom. The highest BCUT2D eigenvalue weighted by molar-refractivity contribution is 5.89. The summed E-state index contributed by atoms with van der Waals surface area (Å²) in [6, 6.07) is 12.8. The maximum atomic E-state index is 15.3. The van der Waals surface area contributed by atoms with Gasteiger partial charge in [-0.25, -0.2) is 13.2 Å². The molecule has 0 heterocycles. The molecule has 178 valence electrons. The van der Waals surface area contributed by atoms with Gasteiger partial charge in [-0.1, -0.05) is 75.8 Å². The molecule has 0 aromatic heterocycles. The summed E-state index contributed by atoms with van der Waals surface area (Å²) in [7, 11) is 0. The van der Waals surface area contributed by atoms with Gasteiger partial charge in [0.25, 0.3) is 0 Å². The topological polar surface area (TPSA) is 23.8 Å². The van der Waals surface area contributed by atoms with E-state index in [1.54, 1.807) is 12.1 Å². The van der Waals surface area contributed by atoms with Crippen LogP contribution in [0.25, 0.3) is 21.9 Å². The summed E-state index contributed by atoms with van der Waals surface area (Å²) < 4.78 is 43.4. The maximum Gasteiger partial charge on any atom is 0.144 e. The second-order valence-electron chi connectivity index (χ2n) is 9.75. The third-order valence-electron chi connectivity index (χ3n) is 7.48. The lowest BCUT2D eigenvalue weighted by molar-refractivity contribution is 0.302. The van der Waals surface area contributed by atoms with Gasteiger partial charge in [-0.2, -0.15) is 5.26 Å². The number of fused-ring (bicyclic) bond motifs is 1. The summed E-state index contributed by atoms with van der Waals surface area (Å²) in [6.45, 7) is 2.25. The van der Waals surface area contributed by atoms with Crippen molar-refractivity contribution in [3.63, 3.8) is 0 Å². The predicted octanol–water partition coefficient (Wildman–Crippen LogP) is 9.43. The number of nitrogens with zero attached hydrogens (tertiary/aromatic N) is 1. The summed E-state index contributed by atoms with van der Waals surface area (Å²) in [5, 5.41) is 10.1. The van der Waals surface area contributed by atoms with Crippen molar-refractivity contribution in [2.24, 2.45) is 5.92 Å². The van der Waals surface area contributed by atoms with Gasteiger partial charge in [0.05, 0.1) is 0 Å². The number of unbranched alkanes of at least 4 members (excludes halogenated alkanes) is 4. The van der Waals surface area contributed by atoms with E-state index in [0.29, 0.717) is 11.3 Å². The van der Waals surface area contributed by atoms with Crippen molar-refractivity contribution in [2.45, 2.75) is 77.0 Å². The molecule has 0 spiro atoms. The Bertz CT molecular complexity index is 1160. The van der Waals surface area contributed by atoms with E-state index in [-0.39, 0.29) is 11.1 Å². The Morgan fingerprint density at radius 1 is 0.853 bits per heavy atom. The van der Waals surface area contributed by atoms with Gasteiger partial charge in [0.2, 0.25) is 0 Å². The molecule has 0 unspecified atom stereocenters. The number of benzene rings is 3. The number of nitriles is 1. The highest BCUT2D eigenvalue weighted by atomic mass is 19.1. The van der Waals surface area contributed by atoms with E-state index in [1.165, 1.54) is 75.8 Å². The lowest BCUT2D eigenvalue weighted by atomic mass is 9.76. The van der Waals surface area contributed by atoms with Crippen LogP contribution in [-0.4, -0.2) is 0 Å². The van der Waals surface area contributed by atoms with Crippen LogP contribution in [0.15, 0.2) is 42.5 Å². The van der Waals surface area contributed by atoms with Gasteiger partial charge in [-0.15, -0.1) is 0 Å². The van der Waals surface area contributed by atoms with Crippen LogP contribution in [0.4, 0.5) is 13.2 Å². The van der Waals surface area contributed by atoms with Crippen LogP contribution in [0, 0.1) is 34.7 Å². The lowest BCUT2D eigenvalue weighted by Crippen LogP contribution is -2.13. The first kappa shape index (κ1) is 24.3. The maximum absolute atomic E-state index is 15.3. The van der Waals surface area contributed by atoms with Gasteiger partial charge in [-0.3, -0.25) is 0 Å². The van der Waals surface area contributed by atoms with E-state index in [2.05, 4.69) is 13.0 Å². The van der Waals surface area contributed by atoms with Crippen LogP contribution < -0.4 is 0 Å². The molecule has 0 radical (unpaired) electrons. The van der Waals surface area contributed by atoms with E-state index in [0.717, 1.165) is 23.4 Å². The summed E-state index contributed by atoms with van der Waals surface area (Å²) in [5.74, 6) is -1.12. The molecule has 1 fully saturated rings. The third kappa shape index (κ3) is 5.30. The minimum Gasteiger partial charge on any atom is -0.206 e. The van der Waals surface area contributed by atoms with Crippen molar-refractivity contribution in [2.75, 3.05) is 0 Å². The van der Waals surface area contributed by atoms with Crippen molar-refractivity contribution < 1.29 is 13.2 Å². The first-order valence-corrected chi connectivity index (χ1v) is 12.6. The molecular formula is C30H32F3N. The molecule has 0 saturated heterocycles. The van der Waals surface area contributed by atoms with Crippen LogP contribution >= 0.6 is 0 Å². The third-order valence-corrected chi connectivity index (χ3v) is 7.48. The molecule has 3 aromatic rings. The van der Waals surface area contributed by atoms with E-state index < -0.39 is 23.0 Å². The largest absolute Gasteiger partial charge is 0.206 e. The van der Waals surface area contributed by atoms with E-state index in [1.807, 2.05) is 12.1 Å². The zero-order valence-corrected chi connectivity index (χ0v) is 19.8. The quantitative estimate of drug-likeness (QED) is 0.305. The SMILES string of the molecule is CCCCCCC[C@H]1CC[C@H](c2ccc3c(F)c(-c4cc(F)c(C#N)c(F)c4)ccc3c2)CC1. The Hall–Kier alpha value is -2.80. The second-order valence-corrected chi connectivity index (χ2v) is 9.75. The van der Waals surface area contributed by atoms with Crippen LogP contribution in [0.3, 0.4) is 0 Å². The van der Waals surface area contributed by atoms with Crippen LogP contribution in [0.2, 0.25) is 0 Å². The highest BCUT2D eigenvalue weighted by Gasteiger charge is 2.23. The molecule has 1 aliphatic carbocycles. The molecular weight excluding hydrogens is 431 g/mol. The molecule has 3 aromatic carbocycles. The van der Waals surface area contributed by atoms with Crippen molar-refractivity contribution in [1.82, 2.24) is 0 Å². The molecule has 1 saturated carbocycles. The molecule has 0 bridgehead atoms. The van der Waals surface area contributed by atoms with Gasteiger partial charge in [-0.05, 0) is 66.2 Å². The standard InChI is InChI=1S/C30H32F3N/c1-2-3-4-5-6-7-20-8-10-21(11-9-20)22-12-14-25-23(16-22)13-15-26(30(25)33)24-17-28(31)27(19-34)29(32)18-24/h12-18,20-21H,2-11H2,1H3/t20-,21-. The average molecular weight is 464 g/mol. The molecule has 0 N–H and O–H groups in total. The first-order valence-electron chi connectivity index (χ1n) is 12.6. The van der Waals surface area contributed by atoms with E-state index >= 15 is 4.39 Å². The van der Waals surface area contributed by atoms with Crippen LogP contribution in [-0.2, 0) is 0 Å². The van der Waals surface area contributed by atoms with Crippen molar-refractivity contribution in [3.8, 4) is 17.2 Å². The van der Waals surface area contributed by atoms with Crippen molar-refractivity contribution in [1.29, 1.82) is 5.26 Å². The molecule has 4 heteroatoms. The molecule has 4 rings (SSSR count). The number of halogens is 3. The zero-order valence-electron chi connectivity index (χ0n) is 19.8. The fourth-order valence-electron chi connectivity index (χ4n) is 5.44. The molecule has 1 nitrogen and oxygen atoms in total. The number of hydrogen-bond acceptors (Lipinski definition) is 1. The average Bonchev–Trinajstić information content (AvgIpc) is 2.84. The monoisotopic (exact) mass is 463 g/mol. The summed E-state index contributed by atoms with van der Waals surface area (Å²) >= 11 is 0. The molecule has 0 amide bonds. The number of hydrogen-bond donors (Lipinski definition) is 0. The van der Waals surface area contributed by atoms with Crippen LogP contribution in [0.5, 0.6) is 0 Å². The Morgan fingerprint density at radius 3 is 2.24 bits per heavy atom. The normalized spacial score (nSPS) is 18.2. The van der Waals surface area contributed by atoms with Crippen LogP contribution in [0.1, 0.15) is 88.2 Å². The second kappa shape index (κ2) is 11.1. The van der Waals surface area contributed by atoms with Crippen molar-refractivity contribution >= 4 is 10.8 Å². The smallest absolute Gasteiger partial charge is 0.144 e. The Labute approximate surface area is 200 Å². The minimum absolute atomic E-state index is 0.0884. The molecule has 1 aliphatic rings. The summed E-state index contributed by atoms with van der Waals surface area (Å²) in [4.78, 5) is 0. The predicted molar refractivity (Wildman–Crippen MR) is 132 cm³/mol. The van der Waals surface area contributed by atoms with Crippen molar-refractivity contribution in [3.05, 3.63) is 71.0 Å². The minimum atomic E-state index is -0.982. The Balaban J connectivity index is 1.46. The van der Waals surface area contributed by atoms with Gasteiger partial charge in [0.15, 0.2) is 0 Å². The van der Waals surface area contributed by atoms with Gasteiger partial charge in [0, 0.05) is 10.9 Å². The fraction of sp³-hybridized carbons (Fsp3) is 0.433. The fourth-order valence-corrected chi connectivity index (χ4v) is 5.44. The van der Waals surface area contributed by atoms with Gasteiger partial charge in [0.1, 0.15) is 29.1 Å². The molecule has 0 aliphatic heterocycles. The van der Waals surface area contributed by atoms with Gasteiger partial charge >= 0.3 is 0 Å². The molecule has 0 atom stereocenters. The Kier molecular flexibility index (Phi) is 7.93. The molecule has 34 heavy (non-hydrogen) atoms.